The highest BCUT2D eigenvalue weighted by Crippen LogP contribution is 2.29. The Kier molecular flexibility index (Phi) is 3.60. The van der Waals surface area contributed by atoms with Crippen LogP contribution in [0.1, 0.15) is 12.8 Å². The third-order valence-electron chi connectivity index (χ3n) is 3.91. The first-order valence-electron chi connectivity index (χ1n) is 6.54. The molecule has 1 atom stereocenters. The monoisotopic (exact) mass is 358 g/mol. The zero-order valence-corrected chi connectivity index (χ0v) is 13.2. The molecule has 5 nitrogen and oxygen atoms in total. The van der Waals surface area contributed by atoms with E-state index < -0.39 is 10.0 Å². The van der Waals surface area contributed by atoms with Crippen LogP contribution < -0.4 is 0 Å². The average Bonchev–Trinajstić information content (AvgIpc) is 2.80. The number of amides is 1. The van der Waals surface area contributed by atoms with Gasteiger partial charge in [-0.05, 0) is 34.5 Å². The summed E-state index contributed by atoms with van der Waals surface area (Å²) in [7, 11) is -3.50. The minimum absolute atomic E-state index is 0.0357. The zero-order chi connectivity index (χ0) is 14.3. The van der Waals surface area contributed by atoms with E-state index in [1.165, 1.54) is 4.31 Å². The van der Waals surface area contributed by atoms with Crippen LogP contribution in [0.2, 0.25) is 0 Å². The van der Waals surface area contributed by atoms with Crippen molar-refractivity contribution >= 4 is 31.9 Å². The van der Waals surface area contributed by atoms with Crippen LogP contribution in [-0.4, -0.2) is 49.2 Å². The number of sulfonamides is 1. The van der Waals surface area contributed by atoms with Gasteiger partial charge in [-0.3, -0.25) is 4.79 Å². The summed E-state index contributed by atoms with van der Waals surface area (Å²) < 4.78 is 27.4. The Morgan fingerprint density at radius 1 is 1.20 bits per heavy atom. The van der Waals surface area contributed by atoms with Gasteiger partial charge >= 0.3 is 0 Å². The molecule has 0 spiro atoms. The number of benzene rings is 1. The lowest BCUT2D eigenvalue weighted by molar-refractivity contribution is -0.130. The van der Waals surface area contributed by atoms with Gasteiger partial charge in [0.1, 0.15) is 0 Å². The van der Waals surface area contributed by atoms with Gasteiger partial charge in [-0.15, -0.1) is 0 Å². The fourth-order valence-electron chi connectivity index (χ4n) is 2.85. The molecule has 108 valence electrons. The van der Waals surface area contributed by atoms with Gasteiger partial charge in [0.15, 0.2) is 0 Å². The van der Waals surface area contributed by atoms with E-state index in [0.29, 0.717) is 30.5 Å². The highest BCUT2D eigenvalue weighted by molar-refractivity contribution is 9.10. The predicted molar refractivity (Wildman–Crippen MR) is 77.6 cm³/mol. The third kappa shape index (κ3) is 2.27. The van der Waals surface area contributed by atoms with Gasteiger partial charge < -0.3 is 4.90 Å². The van der Waals surface area contributed by atoms with Crippen molar-refractivity contribution in [2.75, 3.05) is 19.6 Å². The van der Waals surface area contributed by atoms with E-state index in [1.807, 2.05) is 4.90 Å². The molecule has 3 rings (SSSR count). The molecule has 1 aromatic rings. The van der Waals surface area contributed by atoms with Crippen molar-refractivity contribution < 1.29 is 13.2 Å². The molecule has 0 bridgehead atoms. The summed E-state index contributed by atoms with van der Waals surface area (Å²) in [5.74, 6) is 0.146. The maximum atomic E-state index is 12.7. The van der Waals surface area contributed by atoms with E-state index in [-0.39, 0.29) is 16.8 Å². The number of hydrogen-bond acceptors (Lipinski definition) is 3. The predicted octanol–water partition coefficient (Wildman–Crippen LogP) is 1.44. The largest absolute Gasteiger partial charge is 0.337 e. The molecule has 1 aromatic carbocycles. The number of rotatable bonds is 2. The van der Waals surface area contributed by atoms with Crippen LogP contribution in [0.3, 0.4) is 0 Å². The van der Waals surface area contributed by atoms with Gasteiger partial charge in [0.05, 0.1) is 4.90 Å². The van der Waals surface area contributed by atoms with Gasteiger partial charge in [0.25, 0.3) is 0 Å². The van der Waals surface area contributed by atoms with Gasteiger partial charge in [-0.2, -0.15) is 4.31 Å². The molecule has 2 aliphatic heterocycles. The molecular formula is C13H15BrN2O3S. The molecule has 0 aromatic heterocycles. The lowest BCUT2D eigenvalue weighted by atomic mass is 10.2. The molecule has 2 aliphatic rings. The molecule has 0 radical (unpaired) electrons. The van der Waals surface area contributed by atoms with Gasteiger partial charge in [0.2, 0.25) is 15.9 Å². The SMILES string of the molecule is O=C1CCC2CN(S(=O)(=O)c3ccccc3Br)CCN12. The van der Waals surface area contributed by atoms with Crippen molar-refractivity contribution in [1.29, 1.82) is 0 Å². The maximum absolute atomic E-state index is 12.7. The summed E-state index contributed by atoms with van der Waals surface area (Å²) in [6.45, 7) is 1.26. The number of carbonyl (C=O) groups is 1. The number of halogens is 1. The van der Waals surface area contributed by atoms with E-state index in [4.69, 9.17) is 0 Å². The van der Waals surface area contributed by atoms with Crippen LogP contribution >= 0.6 is 15.9 Å². The van der Waals surface area contributed by atoms with Crippen molar-refractivity contribution in [3.8, 4) is 0 Å². The summed E-state index contributed by atoms with van der Waals surface area (Å²) in [5.41, 5.74) is 0. The summed E-state index contributed by atoms with van der Waals surface area (Å²) in [4.78, 5) is 13.7. The lowest BCUT2D eigenvalue weighted by Crippen LogP contribution is -2.53. The Labute approximate surface area is 126 Å². The summed E-state index contributed by atoms with van der Waals surface area (Å²) >= 11 is 3.29. The quantitative estimate of drug-likeness (QED) is 0.803. The highest BCUT2D eigenvalue weighted by atomic mass is 79.9. The van der Waals surface area contributed by atoms with Crippen molar-refractivity contribution in [1.82, 2.24) is 9.21 Å². The topological polar surface area (TPSA) is 57.7 Å². The van der Waals surface area contributed by atoms with E-state index in [9.17, 15) is 13.2 Å². The van der Waals surface area contributed by atoms with E-state index >= 15 is 0 Å². The molecule has 2 fully saturated rings. The van der Waals surface area contributed by atoms with Crippen LogP contribution in [0.25, 0.3) is 0 Å². The van der Waals surface area contributed by atoms with E-state index in [1.54, 1.807) is 24.3 Å². The Morgan fingerprint density at radius 3 is 2.70 bits per heavy atom. The molecule has 2 heterocycles. The fourth-order valence-corrected chi connectivity index (χ4v) is 5.28. The normalized spacial score (nSPS) is 23.9. The second-order valence-electron chi connectivity index (χ2n) is 5.07. The Balaban J connectivity index is 1.87. The van der Waals surface area contributed by atoms with Crippen LogP contribution in [0.4, 0.5) is 0 Å². The van der Waals surface area contributed by atoms with Gasteiger partial charge in [0, 0.05) is 36.6 Å². The Bertz CT molecular complexity index is 647. The molecule has 1 amide bonds. The molecule has 2 saturated heterocycles. The number of fused-ring (bicyclic) bond motifs is 1. The second-order valence-corrected chi connectivity index (χ2v) is 7.83. The average molecular weight is 359 g/mol. The zero-order valence-electron chi connectivity index (χ0n) is 10.8. The smallest absolute Gasteiger partial charge is 0.244 e. The molecule has 20 heavy (non-hydrogen) atoms. The lowest BCUT2D eigenvalue weighted by Gasteiger charge is -2.36. The summed E-state index contributed by atoms with van der Waals surface area (Å²) in [5, 5.41) is 0. The number of piperazine rings is 1. The van der Waals surface area contributed by atoms with Crippen LogP contribution in [0.5, 0.6) is 0 Å². The Hall–Kier alpha value is -0.920. The van der Waals surface area contributed by atoms with E-state index in [0.717, 1.165) is 6.42 Å². The molecular weight excluding hydrogens is 344 g/mol. The summed E-state index contributed by atoms with van der Waals surface area (Å²) in [6.07, 6.45) is 1.29. The molecule has 7 heteroatoms. The van der Waals surface area contributed by atoms with Crippen LogP contribution in [-0.2, 0) is 14.8 Å². The molecule has 0 N–H and O–H groups in total. The number of carbonyl (C=O) groups excluding carboxylic acids is 1. The van der Waals surface area contributed by atoms with Crippen molar-refractivity contribution in [3.05, 3.63) is 28.7 Å². The highest BCUT2D eigenvalue weighted by Gasteiger charge is 2.39. The minimum atomic E-state index is -3.50. The first-order valence-corrected chi connectivity index (χ1v) is 8.77. The number of nitrogens with zero attached hydrogens (tertiary/aromatic N) is 2. The summed E-state index contributed by atoms with van der Waals surface area (Å²) in [6, 6.07) is 6.87. The maximum Gasteiger partial charge on any atom is 0.244 e. The molecule has 0 aliphatic carbocycles. The van der Waals surface area contributed by atoms with Crippen molar-refractivity contribution in [2.45, 2.75) is 23.8 Å². The minimum Gasteiger partial charge on any atom is -0.337 e. The van der Waals surface area contributed by atoms with Crippen LogP contribution in [0.15, 0.2) is 33.6 Å². The van der Waals surface area contributed by atoms with E-state index in [2.05, 4.69) is 15.9 Å². The molecule has 1 unspecified atom stereocenters. The first-order chi connectivity index (χ1) is 9.50. The van der Waals surface area contributed by atoms with Gasteiger partial charge in [-0.25, -0.2) is 8.42 Å². The van der Waals surface area contributed by atoms with Crippen LogP contribution in [0, 0.1) is 0 Å². The van der Waals surface area contributed by atoms with Crippen molar-refractivity contribution in [3.63, 3.8) is 0 Å². The number of hydrogen-bond donors (Lipinski definition) is 0. The fraction of sp³-hybridized carbons (Fsp3) is 0.462. The van der Waals surface area contributed by atoms with Gasteiger partial charge in [-0.1, -0.05) is 12.1 Å². The first kappa shape index (κ1) is 14.0. The standard InChI is InChI=1S/C13H15BrN2O3S/c14-11-3-1-2-4-12(11)20(18,19)15-7-8-16-10(9-15)5-6-13(16)17/h1-4,10H,5-9H2. The second kappa shape index (κ2) is 5.13. The Morgan fingerprint density at radius 2 is 1.95 bits per heavy atom. The molecule has 0 saturated carbocycles. The van der Waals surface area contributed by atoms with Crippen molar-refractivity contribution in [2.24, 2.45) is 0 Å². The third-order valence-corrected chi connectivity index (χ3v) is 6.79.